The number of amides is 1. The molecular formula is C14H18BrNO3. The lowest BCUT2D eigenvalue weighted by molar-refractivity contribution is 0.00819. The van der Waals surface area contributed by atoms with E-state index < -0.39 is 17.8 Å². The Balaban J connectivity index is 2.21. The molecule has 0 bridgehead atoms. The summed E-state index contributed by atoms with van der Waals surface area (Å²) >= 11 is 3.46. The number of β-amino-alcohol motifs (C(OH)–C–C–N with tert-alkyl or cyclic N) is 1. The highest BCUT2D eigenvalue weighted by molar-refractivity contribution is 9.10. The molecule has 1 aliphatic heterocycles. The Labute approximate surface area is 121 Å². The van der Waals surface area contributed by atoms with E-state index in [-0.39, 0.29) is 6.54 Å². The third kappa shape index (κ3) is 3.28. The summed E-state index contributed by atoms with van der Waals surface area (Å²) < 4.78 is 6.24. The molecule has 19 heavy (non-hydrogen) atoms. The maximum atomic E-state index is 12.1. The normalized spacial score (nSPS) is 19.0. The van der Waals surface area contributed by atoms with Gasteiger partial charge < -0.3 is 14.7 Å². The number of ether oxygens (including phenoxy) is 1. The summed E-state index contributed by atoms with van der Waals surface area (Å²) in [4.78, 5) is 13.6. The molecule has 1 atom stereocenters. The van der Waals surface area contributed by atoms with Crippen LogP contribution in [0.5, 0.6) is 0 Å². The van der Waals surface area contributed by atoms with Crippen LogP contribution in [0.2, 0.25) is 0 Å². The molecule has 0 unspecified atom stereocenters. The minimum Gasteiger partial charge on any atom is -0.444 e. The molecule has 0 saturated heterocycles. The third-order valence-electron chi connectivity index (χ3n) is 2.91. The SMILES string of the molecule is CC(C)(C)OC(=O)N1Cc2c(Br)cccc2[C@@H](O)C1. The highest BCUT2D eigenvalue weighted by Crippen LogP contribution is 2.32. The molecular weight excluding hydrogens is 310 g/mol. The zero-order valence-corrected chi connectivity index (χ0v) is 12.9. The molecule has 4 nitrogen and oxygen atoms in total. The number of halogens is 1. The van der Waals surface area contributed by atoms with Crippen molar-refractivity contribution < 1.29 is 14.6 Å². The molecule has 1 amide bonds. The summed E-state index contributed by atoms with van der Waals surface area (Å²) in [5.74, 6) is 0. The monoisotopic (exact) mass is 327 g/mol. The van der Waals surface area contributed by atoms with Gasteiger partial charge in [-0.3, -0.25) is 0 Å². The number of rotatable bonds is 0. The lowest BCUT2D eigenvalue weighted by Crippen LogP contribution is -2.41. The van der Waals surface area contributed by atoms with Crippen molar-refractivity contribution in [2.75, 3.05) is 6.54 Å². The van der Waals surface area contributed by atoms with Gasteiger partial charge in [-0.2, -0.15) is 0 Å². The number of aliphatic hydroxyl groups is 1. The molecule has 0 aliphatic carbocycles. The van der Waals surface area contributed by atoms with Crippen molar-refractivity contribution in [1.82, 2.24) is 4.90 Å². The highest BCUT2D eigenvalue weighted by atomic mass is 79.9. The summed E-state index contributed by atoms with van der Waals surface area (Å²) in [6.07, 6.45) is -1.07. The van der Waals surface area contributed by atoms with Gasteiger partial charge in [0.25, 0.3) is 0 Å². The van der Waals surface area contributed by atoms with Gasteiger partial charge in [0.1, 0.15) is 5.60 Å². The Morgan fingerprint density at radius 3 is 2.79 bits per heavy atom. The summed E-state index contributed by atoms with van der Waals surface area (Å²) in [6.45, 7) is 6.19. The number of hydrogen-bond donors (Lipinski definition) is 1. The van der Waals surface area contributed by atoms with Crippen LogP contribution in [0.3, 0.4) is 0 Å². The van der Waals surface area contributed by atoms with Gasteiger partial charge in [-0.25, -0.2) is 4.79 Å². The number of aliphatic hydroxyl groups excluding tert-OH is 1. The maximum Gasteiger partial charge on any atom is 0.410 e. The van der Waals surface area contributed by atoms with Crippen LogP contribution in [-0.2, 0) is 11.3 Å². The molecule has 1 aromatic carbocycles. The van der Waals surface area contributed by atoms with Crippen molar-refractivity contribution in [3.05, 3.63) is 33.8 Å². The molecule has 1 aromatic rings. The summed E-state index contributed by atoms with van der Waals surface area (Å²) in [6, 6.07) is 5.68. The van der Waals surface area contributed by atoms with Crippen molar-refractivity contribution in [2.24, 2.45) is 0 Å². The third-order valence-corrected chi connectivity index (χ3v) is 3.65. The minimum atomic E-state index is -0.672. The van der Waals surface area contributed by atoms with E-state index in [0.717, 1.165) is 15.6 Å². The lowest BCUT2D eigenvalue weighted by Gasteiger charge is -2.34. The number of hydrogen-bond acceptors (Lipinski definition) is 3. The zero-order chi connectivity index (χ0) is 14.2. The first-order valence-corrected chi connectivity index (χ1v) is 7.00. The van der Waals surface area contributed by atoms with Gasteiger partial charge in [0, 0.05) is 4.47 Å². The Kier molecular flexibility index (Phi) is 3.87. The average Bonchev–Trinajstić information content (AvgIpc) is 2.28. The number of benzene rings is 1. The first-order valence-electron chi connectivity index (χ1n) is 6.21. The Morgan fingerprint density at radius 2 is 2.16 bits per heavy atom. The molecule has 0 radical (unpaired) electrons. The quantitative estimate of drug-likeness (QED) is 0.795. The fourth-order valence-electron chi connectivity index (χ4n) is 2.08. The summed E-state index contributed by atoms with van der Waals surface area (Å²) in [5, 5.41) is 10.1. The van der Waals surface area contributed by atoms with Crippen molar-refractivity contribution in [3.63, 3.8) is 0 Å². The van der Waals surface area contributed by atoms with E-state index in [1.807, 2.05) is 39.0 Å². The molecule has 5 heteroatoms. The number of carbonyl (C=O) groups excluding carboxylic acids is 1. The van der Waals surface area contributed by atoms with Crippen LogP contribution in [0.1, 0.15) is 38.0 Å². The molecule has 1 N–H and O–H groups in total. The van der Waals surface area contributed by atoms with Crippen LogP contribution in [0.15, 0.2) is 22.7 Å². The van der Waals surface area contributed by atoms with E-state index in [2.05, 4.69) is 15.9 Å². The predicted molar refractivity (Wildman–Crippen MR) is 75.7 cm³/mol. The van der Waals surface area contributed by atoms with Gasteiger partial charge in [-0.05, 0) is 38.0 Å². The number of fused-ring (bicyclic) bond motifs is 1. The van der Waals surface area contributed by atoms with Crippen LogP contribution in [0.4, 0.5) is 4.79 Å². The second kappa shape index (κ2) is 5.13. The molecule has 104 valence electrons. The van der Waals surface area contributed by atoms with Gasteiger partial charge in [0.2, 0.25) is 0 Å². The van der Waals surface area contributed by atoms with Gasteiger partial charge in [-0.1, -0.05) is 28.1 Å². The standard InChI is InChI=1S/C14H18BrNO3/c1-14(2,3)19-13(18)16-7-10-9(12(17)8-16)5-4-6-11(10)15/h4-6,12,17H,7-8H2,1-3H3/t12-/m0/s1. The fraction of sp³-hybridized carbons (Fsp3) is 0.500. The maximum absolute atomic E-state index is 12.1. The van der Waals surface area contributed by atoms with E-state index in [0.29, 0.717) is 6.54 Å². The molecule has 0 aromatic heterocycles. The molecule has 0 fully saturated rings. The van der Waals surface area contributed by atoms with Crippen molar-refractivity contribution in [1.29, 1.82) is 0 Å². The van der Waals surface area contributed by atoms with E-state index in [4.69, 9.17) is 4.74 Å². The van der Waals surface area contributed by atoms with Crippen LogP contribution < -0.4 is 0 Å². The smallest absolute Gasteiger partial charge is 0.410 e. The minimum absolute atomic E-state index is 0.262. The van der Waals surface area contributed by atoms with E-state index in [1.54, 1.807) is 0 Å². The second-order valence-corrected chi connectivity index (χ2v) is 6.54. The molecule has 1 heterocycles. The van der Waals surface area contributed by atoms with Gasteiger partial charge >= 0.3 is 6.09 Å². The number of carbonyl (C=O) groups is 1. The van der Waals surface area contributed by atoms with Gasteiger partial charge in [0.05, 0.1) is 19.2 Å². The topological polar surface area (TPSA) is 49.8 Å². The van der Waals surface area contributed by atoms with Crippen molar-refractivity contribution in [3.8, 4) is 0 Å². The van der Waals surface area contributed by atoms with Crippen molar-refractivity contribution in [2.45, 2.75) is 39.0 Å². The second-order valence-electron chi connectivity index (χ2n) is 5.68. The fourth-order valence-corrected chi connectivity index (χ4v) is 2.59. The summed E-state index contributed by atoms with van der Waals surface area (Å²) in [7, 11) is 0. The van der Waals surface area contributed by atoms with E-state index in [9.17, 15) is 9.90 Å². The van der Waals surface area contributed by atoms with Crippen LogP contribution >= 0.6 is 15.9 Å². The van der Waals surface area contributed by atoms with Crippen LogP contribution in [0.25, 0.3) is 0 Å². The Morgan fingerprint density at radius 1 is 1.47 bits per heavy atom. The largest absolute Gasteiger partial charge is 0.444 e. The number of nitrogens with zero attached hydrogens (tertiary/aromatic N) is 1. The summed E-state index contributed by atoms with van der Waals surface area (Å²) in [5.41, 5.74) is 1.28. The molecule has 0 saturated carbocycles. The van der Waals surface area contributed by atoms with Crippen LogP contribution in [-0.4, -0.2) is 28.2 Å². The molecule has 2 rings (SSSR count). The first-order chi connectivity index (χ1) is 8.78. The average molecular weight is 328 g/mol. The highest BCUT2D eigenvalue weighted by Gasteiger charge is 2.30. The zero-order valence-electron chi connectivity index (χ0n) is 11.3. The van der Waals surface area contributed by atoms with Gasteiger partial charge in [-0.15, -0.1) is 0 Å². The Hall–Kier alpha value is -1.07. The van der Waals surface area contributed by atoms with Crippen LogP contribution in [0, 0.1) is 0 Å². The first kappa shape index (κ1) is 14.3. The Bertz CT molecular complexity index is 496. The van der Waals surface area contributed by atoms with E-state index in [1.165, 1.54) is 4.90 Å². The van der Waals surface area contributed by atoms with Gasteiger partial charge in [0.15, 0.2) is 0 Å². The predicted octanol–water partition coefficient (Wildman–Crippen LogP) is 3.23. The lowest BCUT2D eigenvalue weighted by atomic mass is 9.98. The molecule has 1 aliphatic rings. The van der Waals surface area contributed by atoms with Crippen molar-refractivity contribution >= 4 is 22.0 Å². The van der Waals surface area contributed by atoms with E-state index >= 15 is 0 Å². The molecule has 0 spiro atoms.